The van der Waals surface area contributed by atoms with Gasteiger partial charge in [-0.15, -0.1) is 11.3 Å². The summed E-state index contributed by atoms with van der Waals surface area (Å²) in [6, 6.07) is 5.17. The van der Waals surface area contributed by atoms with Crippen LogP contribution in [0.1, 0.15) is 62.8 Å². The molecule has 1 N–H and O–H groups in total. The SMILES string of the molecule is CCCNC(c1ccc(CC)s1)C(C)CCC. The number of thiophene rings is 1. The molecule has 1 aromatic rings. The van der Waals surface area contributed by atoms with E-state index in [-0.39, 0.29) is 0 Å². The maximum Gasteiger partial charge on any atom is 0.0440 e. The molecule has 98 valence electrons. The number of nitrogens with one attached hydrogen (secondary N) is 1. The summed E-state index contributed by atoms with van der Waals surface area (Å²) >= 11 is 1.98. The first-order valence-electron chi connectivity index (χ1n) is 7.04. The Labute approximate surface area is 111 Å². The molecule has 0 aliphatic heterocycles. The summed E-state index contributed by atoms with van der Waals surface area (Å²) in [4.78, 5) is 3.03. The Morgan fingerprint density at radius 2 is 1.94 bits per heavy atom. The molecule has 0 aromatic carbocycles. The summed E-state index contributed by atoms with van der Waals surface area (Å²) in [5, 5.41) is 3.72. The minimum atomic E-state index is 0.556. The Bertz CT molecular complexity index is 306. The molecule has 0 saturated carbocycles. The predicted molar refractivity (Wildman–Crippen MR) is 78.8 cm³/mol. The van der Waals surface area contributed by atoms with Gasteiger partial charge in [0.05, 0.1) is 0 Å². The van der Waals surface area contributed by atoms with Crippen LogP contribution in [0.4, 0.5) is 0 Å². The molecular formula is C15H27NS. The summed E-state index contributed by atoms with van der Waals surface area (Å²) in [5.41, 5.74) is 0. The number of rotatable bonds is 8. The van der Waals surface area contributed by atoms with Gasteiger partial charge in [-0.3, -0.25) is 0 Å². The molecule has 0 amide bonds. The van der Waals surface area contributed by atoms with Crippen LogP contribution in [0.25, 0.3) is 0 Å². The largest absolute Gasteiger partial charge is 0.309 e. The first-order valence-corrected chi connectivity index (χ1v) is 7.86. The van der Waals surface area contributed by atoms with Crippen molar-refractivity contribution in [3.8, 4) is 0 Å². The van der Waals surface area contributed by atoms with E-state index in [0.717, 1.165) is 18.9 Å². The van der Waals surface area contributed by atoms with Gasteiger partial charge in [-0.05, 0) is 43.9 Å². The lowest BCUT2D eigenvalue weighted by Crippen LogP contribution is -2.27. The number of hydrogen-bond donors (Lipinski definition) is 1. The van der Waals surface area contributed by atoms with Crippen molar-refractivity contribution in [2.75, 3.05) is 6.54 Å². The second kappa shape index (κ2) is 7.88. The fourth-order valence-corrected chi connectivity index (χ4v) is 3.42. The Kier molecular flexibility index (Phi) is 6.83. The lowest BCUT2D eigenvalue weighted by molar-refractivity contribution is 0.368. The molecule has 0 saturated heterocycles. The van der Waals surface area contributed by atoms with Gasteiger partial charge >= 0.3 is 0 Å². The van der Waals surface area contributed by atoms with E-state index in [9.17, 15) is 0 Å². The van der Waals surface area contributed by atoms with Crippen LogP contribution >= 0.6 is 11.3 Å². The van der Waals surface area contributed by atoms with Crippen LogP contribution in [0.3, 0.4) is 0 Å². The van der Waals surface area contributed by atoms with Gasteiger partial charge in [0.25, 0.3) is 0 Å². The Balaban J connectivity index is 2.73. The lowest BCUT2D eigenvalue weighted by Gasteiger charge is -2.24. The molecule has 0 fully saturated rings. The van der Waals surface area contributed by atoms with Crippen LogP contribution in [0, 0.1) is 5.92 Å². The van der Waals surface area contributed by atoms with E-state index in [4.69, 9.17) is 0 Å². The molecule has 0 aliphatic rings. The normalized spacial score (nSPS) is 14.8. The van der Waals surface area contributed by atoms with Gasteiger partial charge in [0, 0.05) is 15.8 Å². The van der Waals surface area contributed by atoms with Gasteiger partial charge in [0.1, 0.15) is 0 Å². The van der Waals surface area contributed by atoms with Gasteiger partial charge < -0.3 is 5.32 Å². The van der Waals surface area contributed by atoms with Crippen molar-refractivity contribution < 1.29 is 0 Å². The number of hydrogen-bond acceptors (Lipinski definition) is 2. The summed E-state index contributed by atoms with van der Waals surface area (Å²) < 4.78 is 0. The molecule has 0 radical (unpaired) electrons. The van der Waals surface area contributed by atoms with Crippen molar-refractivity contribution in [1.82, 2.24) is 5.32 Å². The van der Waals surface area contributed by atoms with Crippen molar-refractivity contribution >= 4 is 11.3 Å². The smallest absolute Gasteiger partial charge is 0.0440 e. The van der Waals surface area contributed by atoms with Crippen molar-refractivity contribution in [3.05, 3.63) is 21.9 Å². The fourth-order valence-electron chi connectivity index (χ4n) is 2.26. The zero-order valence-electron chi connectivity index (χ0n) is 11.8. The molecule has 1 nitrogen and oxygen atoms in total. The van der Waals surface area contributed by atoms with Crippen molar-refractivity contribution in [1.29, 1.82) is 0 Å². The molecule has 1 rings (SSSR count). The maximum atomic E-state index is 3.72. The van der Waals surface area contributed by atoms with Crippen molar-refractivity contribution in [2.24, 2.45) is 5.92 Å². The topological polar surface area (TPSA) is 12.0 Å². The third-order valence-electron chi connectivity index (χ3n) is 3.26. The van der Waals surface area contributed by atoms with Crippen LogP contribution < -0.4 is 5.32 Å². The van der Waals surface area contributed by atoms with Crippen LogP contribution in [-0.2, 0) is 6.42 Å². The molecule has 0 aliphatic carbocycles. The highest BCUT2D eigenvalue weighted by atomic mass is 32.1. The van der Waals surface area contributed by atoms with E-state index in [2.05, 4.69) is 45.1 Å². The quantitative estimate of drug-likeness (QED) is 0.702. The molecular weight excluding hydrogens is 226 g/mol. The highest BCUT2D eigenvalue weighted by molar-refractivity contribution is 7.12. The second-order valence-corrected chi connectivity index (χ2v) is 6.06. The molecule has 0 bridgehead atoms. The second-order valence-electron chi connectivity index (χ2n) is 4.86. The molecule has 17 heavy (non-hydrogen) atoms. The van der Waals surface area contributed by atoms with Crippen molar-refractivity contribution in [2.45, 2.75) is 59.4 Å². The Morgan fingerprint density at radius 1 is 1.18 bits per heavy atom. The van der Waals surface area contributed by atoms with E-state index >= 15 is 0 Å². The van der Waals surface area contributed by atoms with Gasteiger partial charge in [0.15, 0.2) is 0 Å². The molecule has 1 heterocycles. The summed E-state index contributed by atoms with van der Waals surface area (Å²) in [5.74, 6) is 0.731. The van der Waals surface area contributed by atoms with E-state index in [0.29, 0.717) is 6.04 Å². The minimum Gasteiger partial charge on any atom is -0.309 e. The van der Waals surface area contributed by atoms with Gasteiger partial charge in [-0.1, -0.05) is 34.1 Å². The lowest BCUT2D eigenvalue weighted by atomic mass is 9.95. The first kappa shape index (κ1) is 14.7. The third kappa shape index (κ3) is 4.44. The fraction of sp³-hybridized carbons (Fsp3) is 0.733. The molecule has 0 spiro atoms. The van der Waals surface area contributed by atoms with Crippen LogP contribution in [0.5, 0.6) is 0 Å². The summed E-state index contributed by atoms with van der Waals surface area (Å²) in [6.07, 6.45) is 4.95. The molecule has 2 heteroatoms. The Hall–Kier alpha value is -0.340. The average molecular weight is 253 g/mol. The standard InChI is InChI=1S/C15H27NS/c1-5-8-12(4)15(16-11-6-2)14-10-9-13(7-3)17-14/h9-10,12,15-16H,5-8,11H2,1-4H3. The first-order chi connectivity index (χ1) is 8.22. The van der Waals surface area contributed by atoms with E-state index in [1.165, 1.54) is 29.0 Å². The summed E-state index contributed by atoms with van der Waals surface area (Å²) in [7, 11) is 0. The molecule has 2 atom stereocenters. The van der Waals surface area contributed by atoms with Gasteiger partial charge in [-0.2, -0.15) is 0 Å². The zero-order valence-corrected chi connectivity index (χ0v) is 12.6. The Morgan fingerprint density at radius 3 is 2.47 bits per heavy atom. The van der Waals surface area contributed by atoms with E-state index in [1.54, 1.807) is 0 Å². The predicted octanol–water partition coefficient (Wildman–Crippen LogP) is 4.79. The average Bonchev–Trinajstić information content (AvgIpc) is 2.78. The van der Waals surface area contributed by atoms with E-state index in [1.807, 2.05) is 11.3 Å². The van der Waals surface area contributed by atoms with E-state index < -0.39 is 0 Å². The third-order valence-corrected chi connectivity index (χ3v) is 4.58. The van der Waals surface area contributed by atoms with Gasteiger partial charge in [-0.25, -0.2) is 0 Å². The molecule has 2 unspecified atom stereocenters. The van der Waals surface area contributed by atoms with Crippen molar-refractivity contribution in [3.63, 3.8) is 0 Å². The highest BCUT2D eigenvalue weighted by Crippen LogP contribution is 2.31. The summed E-state index contributed by atoms with van der Waals surface area (Å²) in [6.45, 7) is 10.2. The van der Waals surface area contributed by atoms with Crippen LogP contribution in [0.15, 0.2) is 12.1 Å². The number of aryl methyl sites for hydroxylation is 1. The minimum absolute atomic E-state index is 0.556. The van der Waals surface area contributed by atoms with Gasteiger partial charge in [0.2, 0.25) is 0 Å². The highest BCUT2D eigenvalue weighted by Gasteiger charge is 2.19. The van der Waals surface area contributed by atoms with Crippen LogP contribution in [-0.4, -0.2) is 6.54 Å². The van der Waals surface area contributed by atoms with Crippen LogP contribution in [0.2, 0.25) is 0 Å². The maximum absolute atomic E-state index is 3.72. The monoisotopic (exact) mass is 253 g/mol. The zero-order chi connectivity index (χ0) is 12.7. The molecule has 1 aromatic heterocycles.